The molecule has 2 fully saturated rings. The molecule has 1 aromatic carbocycles. The molecule has 0 radical (unpaired) electrons. The van der Waals surface area contributed by atoms with Crippen LogP contribution in [0.2, 0.25) is 0 Å². The van der Waals surface area contributed by atoms with Crippen LogP contribution in [0.25, 0.3) is 0 Å². The number of carbonyl (C=O) groups is 1. The summed E-state index contributed by atoms with van der Waals surface area (Å²) in [5.74, 6) is 0.716. The van der Waals surface area contributed by atoms with Crippen molar-refractivity contribution in [1.82, 2.24) is 10.2 Å². The molecule has 1 saturated heterocycles. The molecule has 0 spiro atoms. The Bertz CT molecular complexity index is 500. The Labute approximate surface area is 134 Å². The number of nitrogens with zero attached hydrogens (tertiary/aromatic N) is 1. The van der Waals surface area contributed by atoms with Gasteiger partial charge in [0.25, 0.3) is 5.91 Å². The van der Waals surface area contributed by atoms with Crippen molar-refractivity contribution in [2.24, 2.45) is 5.92 Å². The number of piperidine rings is 1. The molecule has 0 bridgehead atoms. The summed E-state index contributed by atoms with van der Waals surface area (Å²) in [4.78, 5) is 14.9. The summed E-state index contributed by atoms with van der Waals surface area (Å²) < 4.78 is 0. The number of benzene rings is 1. The summed E-state index contributed by atoms with van der Waals surface area (Å²) in [5, 5.41) is 3.12. The Hall–Kier alpha value is -1.35. The van der Waals surface area contributed by atoms with E-state index in [4.69, 9.17) is 0 Å². The SMILES string of the molecule is Cc1cccc(C(=O)NCC2CCN(C3CCCC3)CC2)c1. The molecule has 1 saturated carbocycles. The molecule has 0 atom stereocenters. The second-order valence-corrected chi connectivity index (χ2v) is 7.00. The summed E-state index contributed by atoms with van der Waals surface area (Å²) in [5.41, 5.74) is 1.92. The number of hydrogen-bond donors (Lipinski definition) is 1. The van der Waals surface area contributed by atoms with E-state index in [2.05, 4.69) is 10.2 Å². The van der Waals surface area contributed by atoms with Gasteiger partial charge >= 0.3 is 0 Å². The molecule has 0 aromatic heterocycles. The van der Waals surface area contributed by atoms with E-state index in [1.807, 2.05) is 31.2 Å². The molecule has 1 aliphatic carbocycles. The van der Waals surface area contributed by atoms with Gasteiger partial charge in [0.05, 0.1) is 0 Å². The quantitative estimate of drug-likeness (QED) is 0.924. The lowest BCUT2D eigenvalue weighted by Gasteiger charge is -2.36. The minimum absolute atomic E-state index is 0.0712. The van der Waals surface area contributed by atoms with Crippen molar-refractivity contribution in [3.05, 3.63) is 35.4 Å². The van der Waals surface area contributed by atoms with Crippen LogP contribution in [-0.4, -0.2) is 36.5 Å². The predicted octanol–water partition coefficient (Wildman–Crippen LogP) is 3.38. The van der Waals surface area contributed by atoms with E-state index in [0.29, 0.717) is 5.92 Å². The molecule has 1 heterocycles. The summed E-state index contributed by atoms with van der Waals surface area (Å²) in [6.07, 6.45) is 8.08. The molecule has 1 N–H and O–H groups in total. The zero-order valence-electron chi connectivity index (χ0n) is 13.7. The minimum atomic E-state index is 0.0712. The fourth-order valence-electron chi connectivity index (χ4n) is 3.92. The van der Waals surface area contributed by atoms with Crippen LogP contribution in [0.15, 0.2) is 24.3 Å². The van der Waals surface area contributed by atoms with E-state index in [0.717, 1.165) is 23.7 Å². The normalized spacial score (nSPS) is 21.1. The van der Waals surface area contributed by atoms with Gasteiger partial charge in [-0.15, -0.1) is 0 Å². The Morgan fingerprint density at radius 2 is 1.91 bits per heavy atom. The second kappa shape index (κ2) is 7.28. The third-order valence-corrected chi connectivity index (χ3v) is 5.32. The summed E-state index contributed by atoms with van der Waals surface area (Å²) in [6, 6.07) is 8.67. The molecule has 1 amide bonds. The van der Waals surface area contributed by atoms with Crippen LogP contribution in [0.3, 0.4) is 0 Å². The zero-order valence-corrected chi connectivity index (χ0v) is 13.7. The molecule has 0 unspecified atom stereocenters. The number of amides is 1. The number of rotatable bonds is 4. The van der Waals surface area contributed by atoms with Crippen molar-refractivity contribution in [2.45, 2.75) is 51.5 Å². The molecule has 3 heteroatoms. The highest BCUT2D eigenvalue weighted by atomic mass is 16.1. The van der Waals surface area contributed by atoms with E-state index in [9.17, 15) is 4.79 Å². The van der Waals surface area contributed by atoms with Gasteiger partial charge in [-0.25, -0.2) is 0 Å². The maximum atomic E-state index is 12.2. The average Bonchev–Trinajstić information content (AvgIpc) is 3.07. The Morgan fingerprint density at radius 3 is 2.59 bits per heavy atom. The molecule has 22 heavy (non-hydrogen) atoms. The lowest BCUT2D eigenvalue weighted by atomic mass is 9.95. The molecule has 3 rings (SSSR count). The zero-order chi connectivity index (χ0) is 15.4. The van der Waals surface area contributed by atoms with Crippen molar-refractivity contribution < 1.29 is 4.79 Å². The van der Waals surface area contributed by atoms with Crippen molar-refractivity contribution in [1.29, 1.82) is 0 Å². The molecule has 1 aliphatic heterocycles. The maximum Gasteiger partial charge on any atom is 0.251 e. The Kier molecular flexibility index (Phi) is 5.14. The maximum absolute atomic E-state index is 12.2. The van der Waals surface area contributed by atoms with Gasteiger partial charge < -0.3 is 10.2 Å². The summed E-state index contributed by atoms with van der Waals surface area (Å²) in [7, 11) is 0. The largest absolute Gasteiger partial charge is 0.352 e. The van der Waals surface area contributed by atoms with Crippen LogP contribution in [0.5, 0.6) is 0 Å². The lowest BCUT2D eigenvalue weighted by molar-refractivity contribution is 0.0924. The summed E-state index contributed by atoms with van der Waals surface area (Å²) in [6.45, 7) is 5.28. The van der Waals surface area contributed by atoms with Crippen molar-refractivity contribution in [3.63, 3.8) is 0 Å². The van der Waals surface area contributed by atoms with Crippen LogP contribution in [0.1, 0.15) is 54.4 Å². The number of likely N-dealkylation sites (tertiary alicyclic amines) is 1. The van der Waals surface area contributed by atoms with Gasteiger partial charge in [0.1, 0.15) is 0 Å². The number of hydrogen-bond acceptors (Lipinski definition) is 2. The van der Waals surface area contributed by atoms with E-state index >= 15 is 0 Å². The third kappa shape index (κ3) is 3.89. The van der Waals surface area contributed by atoms with Crippen LogP contribution >= 0.6 is 0 Å². The van der Waals surface area contributed by atoms with E-state index in [1.165, 1.54) is 51.6 Å². The van der Waals surface area contributed by atoms with Gasteiger partial charge in [-0.2, -0.15) is 0 Å². The molecule has 3 nitrogen and oxygen atoms in total. The molecular weight excluding hydrogens is 272 g/mol. The molecule has 120 valence electrons. The average molecular weight is 300 g/mol. The van der Waals surface area contributed by atoms with Gasteiger partial charge in [0.2, 0.25) is 0 Å². The van der Waals surface area contributed by atoms with Gasteiger partial charge in [0.15, 0.2) is 0 Å². The third-order valence-electron chi connectivity index (χ3n) is 5.32. The predicted molar refractivity (Wildman–Crippen MR) is 90.1 cm³/mol. The second-order valence-electron chi connectivity index (χ2n) is 7.00. The highest BCUT2D eigenvalue weighted by Crippen LogP contribution is 2.27. The van der Waals surface area contributed by atoms with Crippen molar-refractivity contribution in [2.75, 3.05) is 19.6 Å². The highest BCUT2D eigenvalue weighted by molar-refractivity contribution is 5.94. The Balaban J connectivity index is 1.42. The topological polar surface area (TPSA) is 32.3 Å². The number of carbonyl (C=O) groups excluding carboxylic acids is 1. The van der Waals surface area contributed by atoms with Crippen LogP contribution in [0, 0.1) is 12.8 Å². The standard InChI is InChI=1S/C19H28N2O/c1-15-5-4-6-17(13-15)19(22)20-14-16-9-11-21(12-10-16)18-7-2-3-8-18/h4-6,13,16,18H,2-3,7-12,14H2,1H3,(H,20,22). The lowest BCUT2D eigenvalue weighted by Crippen LogP contribution is -2.42. The monoisotopic (exact) mass is 300 g/mol. The first-order valence-corrected chi connectivity index (χ1v) is 8.81. The first-order chi connectivity index (χ1) is 10.7. The number of aryl methyl sites for hydroxylation is 1. The van der Waals surface area contributed by atoms with Gasteiger partial charge in [-0.05, 0) is 63.7 Å². The fraction of sp³-hybridized carbons (Fsp3) is 0.632. The minimum Gasteiger partial charge on any atom is -0.352 e. The molecular formula is C19H28N2O. The first kappa shape index (κ1) is 15.5. The number of nitrogens with one attached hydrogen (secondary N) is 1. The van der Waals surface area contributed by atoms with E-state index < -0.39 is 0 Å². The van der Waals surface area contributed by atoms with Crippen molar-refractivity contribution >= 4 is 5.91 Å². The fourth-order valence-corrected chi connectivity index (χ4v) is 3.92. The van der Waals surface area contributed by atoms with E-state index in [1.54, 1.807) is 0 Å². The van der Waals surface area contributed by atoms with E-state index in [-0.39, 0.29) is 5.91 Å². The van der Waals surface area contributed by atoms with Crippen molar-refractivity contribution in [3.8, 4) is 0 Å². The van der Waals surface area contributed by atoms with Crippen LogP contribution in [-0.2, 0) is 0 Å². The van der Waals surface area contributed by atoms with Gasteiger partial charge in [-0.1, -0.05) is 30.5 Å². The highest BCUT2D eigenvalue weighted by Gasteiger charge is 2.27. The molecule has 1 aromatic rings. The van der Waals surface area contributed by atoms with Crippen LogP contribution < -0.4 is 5.32 Å². The van der Waals surface area contributed by atoms with Gasteiger partial charge in [0, 0.05) is 18.2 Å². The molecule has 2 aliphatic rings. The first-order valence-electron chi connectivity index (χ1n) is 8.81. The summed E-state index contributed by atoms with van der Waals surface area (Å²) >= 11 is 0. The van der Waals surface area contributed by atoms with Crippen LogP contribution in [0.4, 0.5) is 0 Å². The smallest absolute Gasteiger partial charge is 0.251 e. The Morgan fingerprint density at radius 1 is 1.18 bits per heavy atom. The van der Waals surface area contributed by atoms with Gasteiger partial charge in [-0.3, -0.25) is 4.79 Å².